The number of nitro groups is 1. The zero-order chi connectivity index (χ0) is 14.1. The minimum absolute atomic E-state index is 0.310. The van der Waals surface area contributed by atoms with Gasteiger partial charge in [0, 0.05) is 10.5 Å². The minimum Gasteiger partial charge on any atom is -0.293 e. The van der Waals surface area contributed by atoms with Gasteiger partial charge >= 0.3 is 6.18 Å². The van der Waals surface area contributed by atoms with Crippen molar-refractivity contribution in [1.29, 1.82) is 0 Å². The number of nitrogens with zero attached hydrogens (tertiary/aromatic N) is 1. The topological polar surface area (TPSA) is 60.2 Å². The van der Waals surface area contributed by atoms with Crippen LogP contribution in [-0.4, -0.2) is 16.6 Å². The number of alkyl halides is 4. The van der Waals surface area contributed by atoms with Crippen molar-refractivity contribution >= 4 is 39.0 Å². The van der Waals surface area contributed by atoms with Crippen LogP contribution in [0.2, 0.25) is 0 Å². The summed E-state index contributed by atoms with van der Waals surface area (Å²) >= 11 is 7.97. The first-order chi connectivity index (χ1) is 8.18. The highest BCUT2D eigenvalue weighted by molar-refractivity contribution is 9.10. The van der Waals surface area contributed by atoms with E-state index in [0.717, 1.165) is 0 Å². The van der Waals surface area contributed by atoms with Crippen LogP contribution in [0.25, 0.3) is 0 Å². The van der Waals surface area contributed by atoms with Crippen LogP contribution in [-0.2, 0) is 6.18 Å². The van der Waals surface area contributed by atoms with Crippen molar-refractivity contribution in [2.24, 2.45) is 0 Å². The molecule has 0 N–H and O–H groups in total. The average molecular weight is 346 g/mol. The summed E-state index contributed by atoms with van der Waals surface area (Å²) in [6.45, 7) is 0. The maximum atomic E-state index is 12.5. The smallest absolute Gasteiger partial charge is 0.293 e. The van der Waals surface area contributed by atoms with E-state index >= 15 is 0 Å². The Morgan fingerprint density at radius 2 is 2.00 bits per heavy atom. The van der Waals surface area contributed by atoms with Crippen LogP contribution in [0, 0.1) is 10.1 Å². The monoisotopic (exact) mass is 345 g/mol. The first kappa shape index (κ1) is 14.9. The van der Waals surface area contributed by atoms with Gasteiger partial charge in [-0.15, -0.1) is 11.6 Å². The molecule has 0 saturated heterocycles. The zero-order valence-electron chi connectivity index (χ0n) is 8.42. The minimum atomic E-state index is -4.74. The summed E-state index contributed by atoms with van der Waals surface area (Å²) in [6.07, 6.45) is -4.74. The molecule has 1 rings (SSSR count). The molecule has 0 unspecified atom stereocenters. The van der Waals surface area contributed by atoms with E-state index in [1.807, 2.05) is 0 Å². The highest BCUT2D eigenvalue weighted by Gasteiger charge is 2.35. The highest BCUT2D eigenvalue weighted by Crippen LogP contribution is 2.37. The first-order valence-electron chi connectivity index (χ1n) is 4.32. The molecule has 0 aliphatic carbocycles. The Morgan fingerprint density at radius 3 is 2.39 bits per heavy atom. The lowest BCUT2D eigenvalue weighted by atomic mass is 10.1. The van der Waals surface area contributed by atoms with Gasteiger partial charge in [-0.05, 0) is 22.0 Å². The Kier molecular flexibility index (Phi) is 4.33. The third-order valence-electron chi connectivity index (χ3n) is 1.99. The summed E-state index contributed by atoms with van der Waals surface area (Å²) in [5.74, 6) is -1.39. The number of rotatable bonds is 3. The molecule has 0 bridgehead atoms. The van der Waals surface area contributed by atoms with Crippen molar-refractivity contribution in [3.05, 3.63) is 37.8 Å². The van der Waals surface area contributed by atoms with E-state index < -0.39 is 39.6 Å². The second-order valence-electron chi connectivity index (χ2n) is 3.16. The molecule has 0 aromatic heterocycles. The fraction of sp³-hybridized carbons (Fsp3) is 0.222. The summed E-state index contributed by atoms with van der Waals surface area (Å²) < 4.78 is 37.1. The maximum Gasteiger partial charge on any atom is 0.416 e. The molecule has 1 aromatic carbocycles. The summed E-state index contributed by atoms with van der Waals surface area (Å²) in [5.41, 5.74) is -2.61. The molecule has 0 spiro atoms. The number of hydrogen-bond acceptors (Lipinski definition) is 3. The van der Waals surface area contributed by atoms with E-state index in [2.05, 4.69) is 15.9 Å². The Hall–Kier alpha value is -1.15. The van der Waals surface area contributed by atoms with Gasteiger partial charge in [0.05, 0.1) is 16.4 Å². The van der Waals surface area contributed by atoms with Crippen LogP contribution in [0.1, 0.15) is 15.9 Å². The van der Waals surface area contributed by atoms with Crippen molar-refractivity contribution in [2.45, 2.75) is 6.18 Å². The fourth-order valence-electron chi connectivity index (χ4n) is 1.24. The van der Waals surface area contributed by atoms with Gasteiger partial charge in [0.15, 0.2) is 5.78 Å². The molecule has 0 saturated carbocycles. The lowest BCUT2D eigenvalue weighted by molar-refractivity contribution is -0.385. The molecule has 9 heteroatoms. The predicted molar refractivity (Wildman–Crippen MR) is 60.8 cm³/mol. The van der Waals surface area contributed by atoms with E-state index in [-0.39, 0.29) is 4.47 Å². The van der Waals surface area contributed by atoms with Crippen LogP contribution >= 0.6 is 27.5 Å². The van der Waals surface area contributed by atoms with Gasteiger partial charge < -0.3 is 0 Å². The number of nitro benzene ring substituents is 1. The van der Waals surface area contributed by atoms with E-state index in [0.29, 0.717) is 12.1 Å². The normalized spacial score (nSPS) is 11.4. The van der Waals surface area contributed by atoms with Crippen molar-refractivity contribution in [1.82, 2.24) is 0 Å². The van der Waals surface area contributed by atoms with Crippen LogP contribution in [0.3, 0.4) is 0 Å². The molecule has 0 atom stereocenters. The molecule has 4 nitrogen and oxygen atoms in total. The molecule has 98 valence electrons. The number of Topliss-reactive ketones (excluding diaryl/α,β-unsaturated/α-hetero) is 1. The van der Waals surface area contributed by atoms with Crippen molar-refractivity contribution in [3.8, 4) is 0 Å². The quantitative estimate of drug-likeness (QED) is 0.362. The van der Waals surface area contributed by atoms with Gasteiger partial charge in [0.25, 0.3) is 5.69 Å². The summed E-state index contributed by atoms with van der Waals surface area (Å²) in [6, 6.07) is 0.914. The fourth-order valence-corrected chi connectivity index (χ4v) is 2.05. The van der Waals surface area contributed by atoms with E-state index in [1.54, 1.807) is 0 Å². The molecule has 0 fully saturated rings. The number of carbonyl (C=O) groups excluding carboxylic acids is 1. The van der Waals surface area contributed by atoms with E-state index in [4.69, 9.17) is 11.6 Å². The van der Waals surface area contributed by atoms with Crippen molar-refractivity contribution in [3.63, 3.8) is 0 Å². The first-order valence-corrected chi connectivity index (χ1v) is 5.65. The lowest BCUT2D eigenvalue weighted by Gasteiger charge is -2.09. The maximum absolute atomic E-state index is 12.5. The molecular formula is C9H4BrClF3NO3. The number of hydrogen-bond donors (Lipinski definition) is 0. The molecule has 0 amide bonds. The highest BCUT2D eigenvalue weighted by atomic mass is 79.9. The second-order valence-corrected chi connectivity index (χ2v) is 4.29. The standard InChI is InChI=1S/C9H4BrClF3NO3/c10-5-1-4(9(12,13)14)2-6(15(17)18)8(5)7(16)3-11/h1-2H,3H2. The zero-order valence-corrected chi connectivity index (χ0v) is 10.8. The van der Waals surface area contributed by atoms with Gasteiger partial charge in [-0.25, -0.2) is 0 Å². The Balaban J connectivity index is 3.56. The molecule has 0 heterocycles. The molecular weight excluding hydrogens is 342 g/mol. The molecule has 0 radical (unpaired) electrons. The number of halogens is 5. The Morgan fingerprint density at radius 1 is 1.44 bits per heavy atom. The molecule has 18 heavy (non-hydrogen) atoms. The Labute approximate surface area is 112 Å². The van der Waals surface area contributed by atoms with E-state index in [1.165, 1.54) is 0 Å². The van der Waals surface area contributed by atoms with Crippen molar-refractivity contribution < 1.29 is 22.9 Å². The lowest BCUT2D eigenvalue weighted by Crippen LogP contribution is -2.11. The van der Waals surface area contributed by atoms with Crippen LogP contribution < -0.4 is 0 Å². The van der Waals surface area contributed by atoms with Gasteiger partial charge in [0.2, 0.25) is 0 Å². The van der Waals surface area contributed by atoms with Crippen LogP contribution in [0.5, 0.6) is 0 Å². The average Bonchev–Trinajstić information content (AvgIpc) is 2.25. The van der Waals surface area contributed by atoms with Crippen LogP contribution in [0.4, 0.5) is 18.9 Å². The van der Waals surface area contributed by atoms with Gasteiger partial charge in [-0.2, -0.15) is 13.2 Å². The number of carbonyl (C=O) groups is 1. The molecule has 0 aliphatic rings. The van der Waals surface area contributed by atoms with Crippen molar-refractivity contribution in [2.75, 3.05) is 5.88 Å². The summed E-state index contributed by atoms with van der Waals surface area (Å²) in [7, 11) is 0. The predicted octanol–water partition coefficient (Wildman–Crippen LogP) is 3.80. The Bertz CT molecular complexity index is 519. The van der Waals surface area contributed by atoms with Gasteiger partial charge in [-0.1, -0.05) is 0 Å². The second kappa shape index (κ2) is 5.23. The van der Waals surface area contributed by atoms with E-state index in [9.17, 15) is 28.1 Å². The molecule has 0 aliphatic heterocycles. The third kappa shape index (κ3) is 2.99. The summed E-state index contributed by atoms with van der Waals surface area (Å²) in [5, 5.41) is 10.7. The largest absolute Gasteiger partial charge is 0.416 e. The number of benzene rings is 1. The third-order valence-corrected chi connectivity index (χ3v) is 2.86. The SMILES string of the molecule is O=C(CCl)c1c(Br)cc(C(F)(F)F)cc1[N+](=O)[O-]. The van der Waals surface area contributed by atoms with Gasteiger partial charge in [0.1, 0.15) is 5.56 Å². The van der Waals surface area contributed by atoms with Gasteiger partial charge in [-0.3, -0.25) is 14.9 Å². The number of ketones is 1. The molecule has 1 aromatic rings. The van der Waals surface area contributed by atoms with Crippen LogP contribution in [0.15, 0.2) is 16.6 Å². The summed E-state index contributed by atoms with van der Waals surface area (Å²) in [4.78, 5) is 21.0.